The highest BCUT2D eigenvalue weighted by Gasteiger charge is 2.28. The summed E-state index contributed by atoms with van der Waals surface area (Å²) >= 11 is 12.7. The number of ether oxygens (including phenoxy) is 3. The minimum absolute atomic E-state index is 0.0285. The van der Waals surface area contributed by atoms with E-state index in [0.29, 0.717) is 17.9 Å². The maximum absolute atomic E-state index is 12.6. The number of fused-ring (bicyclic) bond motifs is 1. The number of amides is 1. The average Bonchev–Trinajstić information content (AvgIpc) is 3.25. The highest BCUT2D eigenvalue weighted by atomic mass is 35.5. The van der Waals surface area contributed by atoms with E-state index in [1.54, 1.807) is 12.1 Å². The number of hydrogen-bond acceptors (Lipinski definition) is 7. The first kappa shape index (κ1) is 20.7. The van der Waals surface area contributed by atoms with Gasteiger partial charge in [-0.1, -0.05) is 43.1 Å². The van der Waals surface area contributed by atoms with E-state index in [1.807, 2.05) is 19.9 Å². The Bertz CT molecular complexity index is 887. The monoisotopic (exact) mass is 444 g/mol. The van der Waals surface area contributed by atoms with Gasteiger partial charge >= 0.3 is 5.97 Å². The summed E-state index contributed by atoms with van der Waals surface area (Å²) in [6.45, 7) is 4.29. The van der Waals surface area contributed by atoms with E-state index in [9.17, 15) is 9.59 Å². The molecule has 1 N–H and O–H groups in total. The van der Waals surface area contributed by atoms with Gasteiger partial charge < -0.3 is 19.5 Å². The van der Waals surface area contributed by atoms with Crippen molar-refractivity contribution >= 4 is 46.6 Å². The van der Waals surface area contributed by atoms with Crippen LogP contribution in [0.2, 0.25) is 9.36 Å². The van der Waals surface area contributed by atoms with Crippen LogP contribution in [-0.4, -0.2) is 29.1 Å². The maximum atomic E-state index is 12.6. The van der Waals surface area contributed by atoms with Crippen molar-refractivity contribution in [1.29, 1.82) is 0 Å². The summed E-state index contributed by atoms with van der Waals surface area (Å²) in [6, 6.07) is 5.40. The van der Waals surface area contributed by atoms with Gasteiger partial charge in [-0.3, -0.25) is 4.79 Å². The minimum Gasteiger partial charge on any atom is -0.454 e. The molecule has 0 saturated heterocycles. The molecule has 1 atom stereocenters. The molecular weight excluding hydrogens is 427 g/mol. The molecule has 1 amide bonds. The molecule has 1 aliphatic rings. The molecule has 1 unspecified atom stereocenters. The molecule has 150 valence electrons. The molecule has 7 nitrogen and oxygen atoms in total. The Kier molecular flexibility index (Phi) is 6.64. The zero-order valence-electron chi connectivity index (χ0n) is 15.2. The molecule has 10 heteroatoms. The Labute approximate surface area is 176 Å². The number of rotatable bonds is 7. The van der Waals surface area contributed by atoms with Crippen molar-refractivity contribution in [1.82, 2.24) is 9.69 Å². The molecule has 0 fully saturated rings. The lowest BCUT2D eigenvalue weighted by Crippen LogP contribution is -2.38. The standard InChI is InChI=1S/C18H18Cl2N2O5S/c1-9(2)5-13(27-18(24)15-14(19)16(20)28-22-15)17(23)21-7-10-3-4-11-12(6-10)26-8-25-11/h3-4,6,9,13H,5,7-8H2,1-2H3,(H,21,23). The van der Waals surface area contributed by atoms with Crippen molar-refractivity contribution < 1.29 is 23.8 Å². The van der Waals surface area contributed by atoms with Crippen LogP contribution in [0.4, 0.5) is 0 Å². The number of nitrogens with one attached hydrogen (secondary N) is 1. The van der Waals surface area contributed by atoms with E-state index in [2.05, 4.69) is 9.69 Å². The maximum Gasteiger partial charge on any atom is 0.360 e. The van der Waals surface area contributed by atoms with Gasteiger partial charge in [0.25, 0.3) is 5.91 Å². The lowest BCUT2D eigenvalue weighted by Gasteiger charge is -2.19. The Hall–Kier alpha value is -2.03. The van der Waals surface area contributed by atoms with Crippen LogP contribution in [-0.2, 0) is 16.1 Å². The molecule has 0 saturated carbocycles. The Morgan fingerprint density at radius 3 is 2.71 bits per heavy atom. The van der Waals surface area contributed by atoms with Gasteiger partial charge in [0.2, 0.25) is 6.79 Å². The van der Waals surface area contributed by atoms with Crippen molar-refractivity contribution in [2.45, 2.75) is 32.9 Å². The summed E-state index contributed by atoms with van der Waals surface area (Å²) in [4.78, 5) is 25.0. The molecule has 28 heavy (non-hydrogen) atoms. The second-order valence-electron chi connectivity index (χ2n) is 6.55. The van der Waals surface area contributed by atoms with Crippen molar-refractivity contribution in [3.8, 4) is 11.5 Å². The summed E-state index contributed by atoms with van der Waals surface area (Å²) in [5.41, 5.74) is 0.746. The van der Waals surface area contributed by atoms with Crippen LogP contribution in [0.15, 0.2) is 18.2 Å². The molecule has 2 heterocycles. The van der Waals surface area contributed by atoms with Crippen LogP contribution in [0.25, 0.3) is 0 Å². The third kappa shape index (κ3) is 4.87. The van der Waals surface area contributed by atoms with Gasteiger partial charge in [-0.25, -0.2) is 4.79 Å². The minimum atomic E-state index is -0.974. The smallest absolute Gasteiger partial charge is 0.360 e. The fourth-order valence-corrected chi connectivity index (χ4v) is 3.54. The molecular formula is C18H18Cl2N2O5S. The van der Waals surface area contributed by atoms with Crippen LogP contribution >= 0.6 is 34.7 Å². The fourth-order valence-electron chi connectivity index (χ4n) is 2.56. The Balaban J connectivity index is 1.64. The van der Waals surface area contributed by atoms with Crippen molar-refractivity contribution in [2.24, 2.45) is 5.92 Å². The van der Waals surface area contributed by atoms with Crippen molar-refractivity contribution in [2.75, 3.05) is 6.79 Å². The summed E-state index contributed by atoms with van der Waals surface area (Å²) in [5, 5.41) is 2.81. The molecule has 0 bridgehead atoms. The third-order valence-corrected chi connectivity index (χ3v) is 5.53. The number of esters is 1. The predicted molar refractivity (Wildman–Crippen MR) is 105 cm³/mol. The summed E-state index contributed by atoms with van der Waals surface area (Å²) in [5.74, 6) is 0.241. The van der Waals surface area contributed by atoms with Crippen LogP contribution in [0.1, 0.15) is 36.3 Å². The van der Waals surface area contributed by atoms with Gasteiger partial charge in [0.15, 0.2) is 23.3 Å². The van der Waals surface area contributed by atoms with E-state index < -0.39 is 18.0 Å². The normalized spacial score (nSPS) is 13.5. The third-order valence-electron chi connectivity index (χ3n) is 3.92. The first-order valence-electron chi connectivity index (χ1n) is 8.53. The first-order valence-corrected chi connectivity index (χ1v) is 10.1. The Morgan fingerprint density at radius 1 is 1.29 bits per heavy atom. The van der Waals surface area contributed by atoms with E-state index in [0.717, 1.165) is 17.1 Å². The molecule has 0 spiro atoms. The topological polar surface area (TPSA) is 86.8 Å². The predicted octanol–water partition coefficient (Wildman–Crippen LogP) is 4.07. The number of carbonyl (C=O) groups is 2. The summed E-state index contributed by atoms with van der Waals surface area (Å²) in [6.07, 6.45) is -0.619. The van der Waals surface area contributed by atoms with Crippen LogP contribution in [0.3, 0.4) is 0 Å². The number of benzene rings is 1. The highest BCUT2D eigenvalue weighted by molar-refractivity contribution is 7.11. The number of aromatic nitrogens is 1. The van der Waals surface area contributed by atoms with Gasteiger partial charge in [0, 0.05) is 6.54 Å². The van der Waals surface area contributed by atoms with Crippen LogP contribution < -0.4 is 14.8 Å². The van der Waals surface area contributed by atoms with E-state index in [-0.39, 0.29) is 34.3 Å². The first-order chi connectivity index (χ1) is 13.3. The zero-order chi connectivity index (χ0) is 20.3. The quantitative estimate of drug-likeness (QED) is 0.647. The number of carbonyl (C=O) groups excluding carboxylic acids is 2. The van der Waals surface area contributed by atoms with Crippen molar-refractivity contribution in [3.05, 3.63) is 38.8 Å². The molecule has 0 aliphatic carbocycles. The molecule has 1 aromatic carbocycles. The number of nitrogens with zero attached hydrogens (tertiary/aromatic N) is 1. The van der Waals surface area contributed by atoms with Gasteiger partial charge in [0.05, 0.1) is 0 Å². The van der Waals surface area contributed by atoms with Crippen molar-refractivity contribution in [3.63, 3.8) is 0 Å². The second-order valence-corrected chi connectivity index (χ2v) is 8.30. The number of halogens is 2. The number of hydrogen-bond donors (Lipinski definition) is 1. The molecule has 3 rings (SSSR count). The van der Waals surface area contributed by atoms with Gasteiger partial charge in [-0.05, 0) is 41.6 Å². The lowest BCUT2D eigenvalue weighted by molar-refractivity contribution is -0.131. The van der Waals surface area contributed by atoms with Gasteiger partial charge in [-0.2, -0.15) is 4.37 Å². The summed E-state index contributed by atoms with van der Waals surface area (Å²) in [7, 11) is 0. The Morgan fingerprint density at radius 2 is 2.04 bits per heavy atom. The zero-order valence-corrected chi connectivity index (χ0v) is 17.5. The second kappa shape index (κ2) is 8.98. The van der Waals surface area contributed by atoms with E-state index in [4.69, 9.17) is 37.4 Å². The van der Waals surface area contributed by atoms with Crippen LogP contribution in [0.5, 0.6) is 11.5 Å². The molecule has 1 aliphatic heterocycles. The average molecular weight is 445 g/mol. The van der Waals surface area contributed by atoms with E-state index >= 15 is 0 Å². The largest absolute Gasteiger partial charge is 0.454 e. The molecule has 1 aromatic heterocycles. The van der Waals surface area contributed by atoms with Gasteiger partial charge in [-0.15, -0.1) is 0 Å². The van der Waals surface area contributed by atoms with Gasteiger partial charge in [0.1, 0.15) is 9.36 Å². The van der Waals surface area contributed by atoms with E-state index in [1.165, 1.54) is 0 Å². The summed E-state index contributed by atoms with van der Waals surface area (Å²) < 4.78 is 20.0. The lowest BCUT2D eigenvalue weighted by atomic mass is 10.1. The molecule has 2 aromatic rings. The SMILES string of the molecule is CC(C)CC(OC(=O)c1nsc(Cl)c1Cl)C(=O)NCc1ccc2c(c1)OCO2. The highest BCUT2D eigenvalue weighted by Crippen LogP contribution is 2.32. The van der Waals surface area contributed by atoms with Crippen LogP contribution in [0, 0.1) is 5.92 Å². The molecule has 0 radical (unpaired) electrons. The fraction of sp³-hybridized carbons (Fsp3) is 0.389.